The molecule has 0 unspecified atom stereocenters. The summed E-state index contributed by atoms with van der Waals surface area (Å²) in [6, 6.07) is 20.7. The van der Waals surface area contributed by atoms with Crippen LogP contribution in [0.3, 0.4) is 0 Å². The van der Waals surface area contributed by atoms with Gasteiger partial charge in [0, 0.05) is 24.8 Å². The van der Waals surface area contributed by atoms with Crippen LogP contribution in [0.25, 0.3) is 0 Å². The first-order valence-corrected chi connectivity index (χ1v) is 10.8. The van der Waals surface area contributed by atoms with Gasteiger partial charge < -0.3 is 10.1 Å². The fourth-order valence-corrected chi connectivity index (χ4v) is 4.03. The smallest absolute Gasteiger partial charge is 0.255 e. The predicted octanol–water partition coefficient (Wildman–Crippen LogP) is 4.08. The fraction of sp³-hybridized carbons (Fsp3) is 0.174. The quantitative estimate of drug-likeness (QED) is 0.620. The van der Waals surface area contributed by atoms with Crippen LogP contribution in [0.5, 0.6) is 5.75 Å². The van der Waals surface area contributed by atoms with Gasteiger partial charge in [0.15, 0.2) is 0 Å². The SMILES string of the molecule is COc1ccc(NC(=O)c2ccc(CN(C)S(=O)(=O)c3ccc(C)cc3)cc2)cc1. The van der Waals surface area contributed by atoms with Crippen LogP contribution >= 0.6 is 0 Å². The highest BCUT2D eigenvalue weighted by Crippen LogP contribution is 2.19. The summed E-state index contributed by atoms with van der Waals surface area (Å²) < 4.78 is 31.8. The Hall–Kier alpha value is -3.16. The number of hydrogen-bond acceptors (Lipinski definition) is 4. The third-order valence-electron chi connectivity index (χ3n) is 4.70. The molecule has 0 aliphatic carbocycles. The van der Waals surface area contributed by atoms with Gasteiger partial charge in [0.25, 0.3) is 5.91 Å². The lowest BCUT2D eigenvalue weighted by Crippen LogP contribution is -2.26. The molecule has 0 spiro atoms. The van der Waals surface area contributed by atoms with Crippen molar-refractivity contribution in [1.82, 2.24) is 4.31 Å². The second kappa shape index (κ2) is 9.11. The Labute approximate surface area is 177 Å². The number of amides is 1. The molecule has 0 aliphatic rings. The summed E-state index contributed by atoms with van der Waals surface area (Å²) in [7, 11) is -0.460. The molecule has 0 bridgehead atoms. The third kappa shape index (κ3) is 5.06. The summed E-state index contributed by atoms with van der Waals surface area (Å²) >= 11 is 0. The van der Waals surface area contributed by atoms with Crippen LogP contribution in [-0.4, -0.2) is 32.8 Å². The molecule has 0 radical (unpaired) electrons. The molecule has 156 valence electrons. The number of nitrogens with zero attached hydrogens (tertiary/aromatic N) is 1. The molecular weight excluding hydrogens is 400 g/mol. The minimum atomic E-state index is -3.58. The van der Waals surface area contributed by atoms with Crippen LogP contribution in [0.2, 0.25) is 0 Å². The molecule has 3 aromatic rings. The molecule has 0 atom stereocenters. The van der Waals surface area contributed by atoms with Crippen molar-refractivity contribution in [3.63, 3.8) is 0 Å². The lowest BCUT2D eigenvalue weighted by Gasteiger charge is -2.17. The molecule has 0 aliphatic heterocycles. The van der Waals surface area contributed by atoms with Gasteiger partial charge in [0.2, 0.25) is 10.0 Å². The molecule has 7 heteroatoms. The van der Waals surface area contributed by atoms with Crippen LogP contribution in [0.4, 0.5) is 5.69 Å². The Morgan fingerprint density at radius 1 is 0.933 bits per heavy atom. The first kappa shape index (κ1) is 21.5. The number of carbonyl (C=O) groups excluding carboxylic acids is 1. The number of aryl methyl sites for hydroxylation is 1. The average Bonchev–Trinajstić information content (AvgIpc) is 2.75. The molecule has 1 N–H and O–H groups in total. The zero-order valence-electron chi connectivity index (χ0n) is 17.1. The summed E-state index contributed by atoms with van der Waals surface area (Å²) in [4.78, 5) is 12.7. The van der Waals surface area contributed by atoms with Crippen molar-refractivity contribution in [2.45, 2.75) is 18.4 Å². The number of anilines is 1. The molecule has 1 amide bonds. The Kier molecular flexibility index (Phi) is 6.54. The Morgan fingerprint density at radius 3 is 2.10 bits per heavy atom. The number of methoxy groups -OCH3 is 1. The molecule has 0 heterocycles. The normalized spacial score (nSPS) is 11.3. The van der Waals surface area contributed by atoms with E-state index in [1.165, 1.54) is 4.31 Å². The first-order chi connectivity index (χ1) is 14.3. The van der Waals surface area contributed by atoms with Crippen molar-refractivity contribution in [2.24, 2.45) is 0 Å². The predicted molar refractivity (Wildman–Crippen MR) is 117 cm³/mol. The number of benzene rings is 3. The number of ether oxygens (including phenoxy) is 1. The second-order valence-corrected chi connectivity index (χ2v) is 9.00. The van der Waals surface area contributed by atoms with E-state index in [1.807, 2.05) is 6.92 Å². The molecule has 0 aromatic heterocycles. The van der Waals surface area contributed by atoms with E-state index in [2.05, 4.69) is 5.32 Å². The van der Waals surface area contributed by atoms with E-state index < -0.39 is 10.0 Å². The van der Waals surface area contributed by atoms with E-state index in [0.29, 0.717) is 17.0 Å². The third-order valence-corrected chi connectivity index (χ3v) is 6.52. The van der Waals surface area contributed by atoms with Crippen LogP contribution < -0.4 is 10.1 Å². The van der Waals surface area contributed by atoms with Gasteiger partial charge in [-0.2, -0.15) is 4.31 Å². The standard InChI is InChI=1S/C23H24N2O4S/c1-17-4-14-22(15-5-17)30(27,28)25(2)16-18-6-8-19(9-7-18)23(26)24-20-10-12-21(29-3)13-11-20/h4-15H,16H2,1-3H3,(H,24,26). The van der Waals surface area contributed by atoms with Crippen LogP contribution in [0.1, 0.15) is 21.5 Å². The van der Waals surface area contributed by atoms with Gasteiger partial charge in [-0.25, -0.2) is 8.42 Å². The summed E-state index contributed by atoms with van der Waals surface area (Å²) in [5.74, 6) is 0.467. The minimum absolute atomic E-state index is 0.205. The zero-order chi connectivity index (χ0) is 21.7. The number of hydrogen-bond donors (Lipinski definition) is 1. The second-order valence-electron chi connectivity index (χ2n) is 6.95. The number of nitrogens with one attached hydrogen (secondary N) is 1. The fourth-order valence-electron chi connectivity index (χ4n) is 2.87. The molecule has 3 rings (SSSR count). The number of carbonyl (C=O) groups is 1. The Bertz CT molecular complexity index is 1110. The molecule has 0 saturated heterocycles. The number of rotatable bonds is 7. The van der Waals surface area contributed by atoms with E-state index in [-0.39, 0.29) is 17.3 Å². The molecule has 0 fully saturated rings. The van der Waals surface area contributed by atoms with E-state index in [9.17, 15) is 13.2 Å². The maximum absolute atomic E-state index is 12.7. The summed E-state index contributed by atoms with van der Waals surface area (Å²) in [6.45, 7) is 2.11. The molecule has 0 saturated carbocycles. The highest BCUT2D eigenvalue weighted by molar-refractivity contribution is 7.89. The van der Waals surface area contributed by atoms with E-state index in [1.54, 1.807) is 87.0 Å². The maximum Gasteiger partial charge on any atom is 0.255 e. The van der Waals surface area contributed by atoms with Gasteiger partial charge in [-0.3, -0.25) is 4.79 Å². The first-order valence-electron chi connectivity index (χ1n) is 9.37. The van der Waals surface area contributed by atoms with E-state index in [0.717, 1.165) is 11.1 Å². The van der Waals surface area contributed by atoms with Crippen LogP contribution in [0.15, 0.2) is 77.7 Å². The van der Waals surface area contributed by atoms with Gasteiger partial charge in [0.05, 0.1) is 12.0 Å². The molecule has 6 nitrogen and oxygen atoms in total. The monoisotopic (exact) mass is 424 g/mol. The van der Waals surface area contributed by atoms with Crippen molar-refractivity contribution >= 4 is 21.6 Å². The van der Waals surface area contributed by atoms with Gasteiger partial charge in [-0.1, -0.05) is 29.8 Å². The highest BCUT2D eigenvalue weighted by atomic mass is 32.2. The van der Waals surface area contributed by atoms with Crippen molar-refractivity contribution in [3.05, 3.63) is 89.5 Å². The maximum atomic E-state index is 12.7. The largest absolute Gasteiger partial charge is 0.497 e. The molecular formula is C23H24N2O4S. The number of sulfonamides is 1. The minimum Gasteiger partial charge on any atom is -0.497 e. The topological polar surface area (TPSA) is 75.7 Å². The molecule has 3 aromatic carbocycles. The highest BCUT2D eigenvalue weighted by Gasteiger charge is 2.20. The van der Waals surface area contributed by atoms with Crippen LogP contribution in [0, 0.1) is 6.92 Å². The van der Waals surface area contributed by atoms with Gasteiger partial charge in [0.1, 0.15) is 5.75 Å². The average molecular weight is 425 g/mol. The van der Waals surface area contributed by atoms with Crippen molar-refractivity contribution in [2.75, 3.05) is 19.5 Å². The van der Waals surface area contributed by atoms with Gasteiger partial charge >= 0.3 is 0 Å². The van der Waals surface area contributed by atoms with Crippen molar-refractivity contribution in [3.8, 4) is 5.75 Å². The Balaban J connectivity index is 1.65. The van der Waals surface area contributed by atoms with Crippen molar-refractivity contribution in [1.29, 1.82) is 0 Å². The van der Waals surface area contributed by atoms with Crippen molar-refractivity contribution < 1.29 is 17.9 Å². The zero-order valence-corrected chi connectivity index (χ0v) is 17.9. The van der Waals surface area contributed by atoms with Gasteiger partial charge in [-0.05, 0) is 61.0 Å². The van der Waals surface area contributed by atoms with Crippen LogP contribution in [-0.2, 0) is 16.6 Å². The summed E-state index contributed by atoms with van der Waals surface area (Å²) in [5.41, 5.74) is 2.93. The van der Waals surface area contributed by atoms with E-state index in [4.69, 9.17) is 4.74 Å². The summed E-state index contributed by atoms with van der Waals surface area (Å²) in [6.07, 6.45) is 0. The lowest BCUT2D eigenvalue weighted by atomic mass is 10.1. The molecule has 30 heavy (non-hydrogen) atoms. The van der Waals surface area contributed by atoms with E-state index >= 15 is 0 Å². The van der Waals surface area contributed by atoms with Gasteiger partial charge in [-0.15, -0.1) is 0 Å². The lowest BCUT2D eigenvalue weighted by molar-refractivity contribution is 0.102. The Morgan fingerprint density at radius 2 is 1.53 bits per heavy atom. The summed E-state index contributed by atoms with van der Waals surface area (Å²) in [5, 5.41) is 2.82.